The standard InChI is InChI=1S/C20H22N2O2/c1-13(2)24-20(23)19(21)18(14-8-4-3-5-9-14)16-12-22-17-11-7-6-10-15(16)17/h3-13,18-19,22H,21H2,1-2H3. The van der Waals surface area contributed by atoms with Gasteiger partial charge in [0.05, 0.1) is 6.10 Å². The first-order chi connectivity index (χ1) is 11.6. The molecule has 1 aromatic heterocycles. The van der Waals surface area contributed by atoms with Gasteiger partial charge >= 0.3 is 5.97 Å². The zero-order valence-electron chi connectivity index (χ0n) is 13.9. The maximum Gasteiger partial charge on any atom is 0.324 e. The van der Waals surface area contributed by atoms with Crippen LogP contribution in [0, 0.1) is 0 Å². The first-order valence-electron chi connectivity index (χ1n) is 8.15. The van der Waals surface area contributed by atoms with Crippen LogP contribution in [0.2, 0.25) is 0 Å². The lowest BCUT2D eigenvalue weighted by molar-refractivity contribution is -0.149. The lowest BCUT2D eigenvalue weighted by atomic mass is 9.85. The largest absolute Gasteiger partial charge is 0.462 e. The third kappa shape index (κ3) is 3.19. The van der Waals surface area contributed by atoms with Gasteiger partial charge < -0.3 is 15.5 Å². The molecular weight excluding hydrogens is 300 g/mol. The molecule has 3 N–H and O–H groups in total. The molecule has 0 bridgehead atoms. The van der Waals surface area contributed by atoms with Gasteiger partial charge in [0.2, 0.25) is 0 Å². The van der Waals surface area contributed by atoms with E-state index in [0.717, 1.165) is 22.0 Å². The van der Waals surface area contributed by atoms with E-state index in [9.17, 15) is 4.79 Å². The van der Waals surface area contributed by atoms with E-state index in [1.807, 2.05) is 74.6 Å². The van der Waals surface area contributed by atoms with Crippen molar-refractivity contribution in [3.63, 3.8) is 0 Å². The van der Waals surface area contributed by atoms with Gasteiger partial charge in [0.25, 0.3) is 0 Å². The Hall–Kier alpha value is -2.59. The molecule has 4 nitrogen and oxygen atoms in total. The number of esters is 1. The topological polar surface area (TPSA) is 68.1 Å². The first kappa shape index (κ1) is 16.3. The summed E-state index contributed by atoms with van der Waals surface area (Å²) in [6.45, 7) is 3.65. The van der Waals surface area contributed by atoms with Crippen molar-refractivity contribution in [2.24, 2.45) is 5.73 Å². The van der Waals surface area contributed by atoms with Gasteiger partial charge in [-0.15, -0.1) is 0 Å². The fourth-order valence-corrected chi connectivity index (χ4v) is 3.04. The molecule has 0 radical (unpaired) electrons. The van der Waals surface area contributed by atoms with Crippen LogP contribution in [0.15, 0.2) is 60.8 Å². The fraction of sp³-hybridized carbons (Fsp3) is 0.250. The summed E-state index contributed by atoms with van der Waals surface area (Å²) in [4.78, 5) is 15.7. The summed E-state index contributed by atoms with van der Waals surface area (Å²) < 4.78 is 5.35. The van der Waals surface area contributed by atoms with Gasteiger partial charge in [0, 0.05) is 23.0 Å². The van der Waals surface area contributed by atoms with Crippen molar-refractivity contribution in [1.82, 2.24) is 4.98 Å². The molecule has 2 atom stereocenters. The van der Waals surface area contributed by atoms with Gasteiger partial charge in [-0.1, -0.05) is 48.5 Å². The van der Waals surface area contributed by atoms with Crippen LogP contribution >= 0.6 is 0 Å². The fourth-order valence-electron chi connectivity index (χ4n) is 3.04. The van der Waals surface area contributed by atoms with Crippen molar-refractivity contribution in [3.8, 4) is 0 Å². The number of para-hydroxylation sites is 1. The molecular formula is C20H22N2O2. The average molecular weight is 322 g/mol. The number of aromatic nitrogens is 1. The smallest absolute Gasteiger partial charge is 0.324 e. The van der Waals surface area contributed by atoms with E-state index < -0.39 is 6.04 Å². The molecule has 24 heavy (non-hydrogen) atoms. The van der Waals surface area contributed by atoms with Crippen LogP contribution in [0.5, 0.6) is 0 Å². The highest BCUT2D eigenvalue weighted by atomic mass is 16.5. The summed E-state index contributed by atoms with van der Waals surface area (Å²) in [6, 6.07) is 17.1. The van der Waals surface area contributed by atoms with Crippen LogP contribution in [0.1, 0.15) is 30.9 Å². The first-order valence-corrected chi connectivity index (χ1v) is 8.15. The highest BCUT2D eigenvalue weighted by Gasteiger charge is 2.31. The SMILES string of the molecule is CC(C)OC(=O)C(N)C(c1ccccc1)c1c[nH]c2ccccc12. The second kappa shape index (κ2) is 6.89. The summed E-state index contributed by atoms with van der Waals surface area (Å²) in [5.74, 6) is -0.655. The normalized spacial score (nSPS) is 13.8. The number of ether oxygens (including phenoxy) is 1. The Labute approximate surface area is 141 Å². The molecule has 1 heterocycles. The van der Waals surface area contributed by atoms with Crippen LogP contribution < -0.4 is 5.73 Å². The molecule has 124 valence electrons. The van der Waals surface area contributed by atoms with Gasteiger partial charge in [-0.05, 0) is 31.0 Å². The number of carbonyl (C=O) groups is 1. The average Bonchev–Trinajstić information content (AvgIpc) is 2.99. The number of hydrogen-bond acceptors (Lipinski definition) is 3. The number of nitrogens with one attached hydrogen (secondary N) is 1. The zero-order valence-corrected chi connectivity index (χ0v) is 13.9. The van der Waals surface area contributed by atoms with Crippen molar-refractivity contribution in [2.45, 2.75) is 31.9 Å². The van der Waals surface area contributed by atoms with Crippen LogP contribution in [0.25, 0.3) is 10.9 Å². The number of H-pyrrole nitrogens is 1. The Bertz CT molecular complexity index is 824. The molecule has 0 aliphatic heterocycles. The van der Waals surface area contributed by atoms with E-state index in [1.54, 1.807) is 0 Å². The Morgan fingerprint density at radius 3 is 2.42 bits per heavy atom. The molecule has 0 saturated carbocycles. The number of carbonyl (C=O) groups excluding carboxylic acids is 1. The highest BCUT2D eigenvalue weighted by Crippen LogP contribution is 2.33. The Morgan fingerprint density at radius 2 is 1.71 bits per heavy atom. The van der Waals surface area contributed by atoms with Crippen LogP contribution in [-0.2, 0) is 9.53 Å². The molecule has 0 saturated heterocycles. The number of benzene rings is 2. The summed E-state index contributed by atoms with van der Waals surface area (Å²) in [6.07, 6.45) is 1.74. The molecule has 0 fully saturated rings. The molecule has 3 aromatic rings. The number of aromatic amines is 1. The summed E-state index contributed by atoms with van der Waals surface area (Å²) in [5.41, 5.74) is 9.36. The molecule has 4 heteroatoms. The molecule has 3 rings (SSSR count). The van der Waals surface area contributed by atoms with E-state index >= 15 is 0 Å². The molecule has 0 aliphatic carbocycles. The van der Waals surface area contributed by atoms with Crippen molar-refractivity contribution < 1.29 is 9.53 Å². The summed E-state index contributed by atoms with van der Waals surface area (Å²) in [5, 5.41) is 1.07. The van der Waals surface area contributed by atoms with Crippen molar-refractivity contribution in [2.75, 3.05) is 0 Å². The van der Waals surface area contributed by atoms with Crippen molar-refractivity contribution in [3.05, 3.63) is 71.9 Å². The molecule has 0 spiro atoms. The Kier molecular flexibility index (Phi) is 4.67. The molecule has 0 aliphatic rings. The Balaban J connectivity index is 2.07. The molecule has 2 aromatic carbocycles. The van der Waals surface area contributed by atoms with Gasteiger partial charge in [0.15, 0.2) is 0 Å². The second-order valence-electron chi connectivity index (χ2n) is 6.19. The third-order valence-electron chi connectivity index (χ3n) is 4.10. The zero-order chi connectivity index (χ0) is 17.1. The van der Waals surface area contributed by atoms with Crippen molar-refractivity contribution >= 4 is 16.9 Å². The van der Waals surface area contributed by atoms with Crippen LogP contribution in [0.3, 0.4) is 0 Å². The highest BCUT2D eigenvalue weighted by molar-refractivity contribution is 5.86. The van der Waals surface area contributed by atoms with Gasteiger partial charge in [-0.3, -0.25) is 4.79 Å². The Morgan fingerprint density at radius 1 is 1.04 bits per heavy atom. The van der Waals surface area contributed by atoms with Gasteiger partial charge in [0.1, 0.15) is 6.04 Å². The number of hydrogen-bond donors (Lipinski definition) is 2. The minimum Gasteiger partial charge on any atom is -0.462 e. The van der Waals surface area contributed by atoms with Gasteiger partial charge in [-0.25, -0.2) is 0 Å². The monoisotopic (exact) mass is 322 g/mol. The summed E-state index contributed by atoms with van der Waals surface area (Å²) in [7, 11) is 0. The molecule has 2 unspecified atom stereocenters. The van der Waals surface area contributed by atoms with E-state index in [-0.39, 0.29) is 18.0 Å². The predicted molar refractivity (Wildman–Crippen MR) is 95.8 cm³/mol. The minimum atomic E-state index is -0.769. The van der Waals surface area contributed by atoms with Gasteiger partial charge in [-0.2, -0.15) is 0 Å². The number of rotatable bonds is 5. The summed E-state index contributed by atoms with van der Waals surface area (Å²) >= 11 is 0. The lowest BCUT2D eigenvalue weighted by Crippen LogP contribution is -2.39. The predicted octanol–water partition coefficient (Wildman–Crippen LogP) is 3.58. The molecule has 0 amide bonds. The number of nitrogens with two attached hydrogens (primary N) is 1. The quantitative estimate of drug-likeness (QED) is 0.706. The van der Waals surface area contributed by atoms with Crippen LogP contribution in [0.4, 0.5) is 0 Å². The van der Waals surface area contributed by atoms with E-state index in [1.165, 1.54) is 0 Å². The van der Waals surface area contributed by atoms with E-state index in [0.29, 0.717) is 0 Å². The third-order valence-corrected chi connectivity index (χ3v) is 4.10. The van der Waals surface area contributed by atoms with E-state index in [4.69, 9.17) is 10.5 Å². The maximum absolute atomic E-state index is 12.4. The lowest BCUT2D eigenvalue weighted by Gasteiger charge is -2.24. The number of fused-ring (bicyclic) bond motifs is 1. The minimum absolute atomic E-state index is 0.192. The van der Waals surface area contributed by atoms with Crippen molar-refractivity contribution in [1.29, 1.82) is 0 Å². The second-order valence-corrected chi connectivity index (χ2v) is 6.19. The van der Waals surface area contributed by atoms with E-state index in [2.05, 4.69) is 4.98 Å². The van der Waals surface area contributed by atoms with Crippen LogP contribution in [-0.4, -0.2) is 23.1 Å². The maximum atomic E-state index is 12.4.